The topological polar surface area (TPSA) is 81.7 Å². The second kappa shape index (κ2) is 10.0. The molecule has 2 aromatic rings. The van der Waals surface area contributed by atoms with E-state index >= 15 is 0 Å². The minimum atomic E-state index is -0.130. The van der Waals surface area contributed by atoms with Crippen molar-refractivity contribution in [2.24, 2.45) is 0 Å². The quantitative estimate of drug-likeness (QED) is 0.764. The van der Waals surface area contributed by atoms with Crippen molar-refractivity contribution in [3.63, 3.8) is 0 Å². The number of nitrogens with one attached hydrogen (secondary N) is 1. The van der Waals surface area contributed by atoms with Crippen LogP contribution in [-0.2, 0) is 11.3 Å². The average molecular weight is 403 g/mol. The fourth-order valence-corrected chi connectivity index (χ4v) is 3.79. The Bertz CT molecular complexity index is 747. The van der Waals surface area contributed by atoms with Crippen LogP contribution >= 0.6 is 11.3 Å². The number of aromatic nitrogens is 2. The van der Waals surface area contributed by atoms with Crippen LogP contribution in [0, 0.1) is 0 Å². The van der Waals surface area contributed by atoms with E-state index < -0.39 is 0 Å². The van der Waals surface area contributed by atoms with E-state index in [1.165, 1.54) is 0 Å². The molecule has 0 spiro atoms. The zero-order valence-electron chi connectivity index (χ0n) is 16.1. The summed E-state index contributed by atoms with van der Waals surface area (Å²) in [5.74, 6) is 0.766. The van der Waals surface area contributed by atoms with E-state index in [2.05, 4.69) is 20.2 Å². The molecule has 0 aromatic carbocycles. The predicted molar refractivity (Wildman–Crippen MR) is 109 cm³/mol. The van der Waals surface area contributed by atoms with E-state index in [1.54, 1.807) is 34.7 Å². The summed E-state index contributed by atoms with van der Waals surface area (Å²) < 4.78 is 0. The second-order valence-corrected chi connectivity index (χ2v) is 7.52. The van der Waals surface area contributed by atoms with Crippen molar-refractivity contribution < 1.29 is 9.59 Å². The number of hydrogen-bond acceptors (Lipinski definition) is 6. The Labute approximate surface area is 169 Å². The van der Waals surface area contributed by atoms with Crippen molar-refractivity contribution in [2.45, 2.75) is 19.9 Å². The lowest BCUT2D eigenvalue weighted by atomic mass is 10.3. The number of nitrogens with zero attached hydrogens (tertiary/aromatic N) is 5. The molecule has 1 saturated heterocycles. The Hall–Kier alpha value is -2.68. The van der Waals surface area contributed by atoms with Crippen LogP contribution in [0.2, 0.25) is 0 Å². The maximum atomic E-state index is 12.4. The third-order valence-electron chi connectivity index (χ3n) is 4.68. The minimum absolute atomic E-state index is 0.0650. The molecule has 150 valence electrons. The summed E-state index contributed by atoms with van der Waals surface area (Å²) in [5, 5.41) is 4.87. The van der Waals surface area contributed by atoms with Gasteiger partial charge in [-0.15, -0.1) is 11.3 Å². The molecule has 0 aliphatic carbocycles. The van der Waals surface area contributed by atoms with Gasteiger partial charge in [0.05, 0.1) is 6.54 Å². The first-order valence-electron chi connectivity index (χ1n) is 9.52. The van der Waals surface area contributed by atoms with E-state index in [9.17, 15) is 9.59 Å². The highest BCUT2D eigenvalue weighted by Crippen LogP contribution is 2.12. The number of urea groups is 1. The molecule has 1 aliphatic rings. The van der Waals surface area contributed by atoms with Gasteiger partial charge in [0.25, 0.3) is 0 Å². The number of amides is 3. The van der Waals surface area contributed by atoms with Crippen LogP contribution in [0.25, 0.3) is 0 Å². The van der Waals surface area contributed by atoms with Gasteiger partial charge in [-0.1, -0.05) is 6.07 Å². The Balaban J connectivity index is 1.38. The van der Waals surface area contributed by atoms with Crippen LogP contribution in [0.4, 0.5) is 10.7 Å². The fraction of sp³-hybridized carbons (Fsp3) is 0.474. The molecule has 0 unspecified atom stereocenters. The molecule has 0 atom stereocenters. The number of hydrogen-bond donors (Lipinski definition) is 1. The number of thiophene rings is 1. The largest absolute Gasteiger partial charge is 0.339 e. The normalized spacial score (nSPS) is 14.0. The van der Waals surface area contributed by atoms with Gasteiger partial charge in [-0.2, -0.15) is 0 Å². The first kappa shape index (κ1) is 20.1. The zero-order chi connectivity index (χ0) is 19.8. The monoisotopic (exact) mass is 402 g/mol. The third kappa shape index (κ3) is 5.41. The first-order valence-corrected chi connectivity index (χ1v) is 10.4. The van der Waals surface area contributed by atoms with Gasteiger partial charge in [-0.3, -0.25) is 4.79 Å². The van der Waals surface area contributed by atoms with Gasteiger partial charge in [0.2, 0.25) is 11.9 Å². The lowest BCUT2D eigenvalue weighted by Crippen LogP contribution is -2.50. The highest BCUT2D eigenvalue weighted by atomic mass is 32.1. The molecule has 3 rings (SSSR count). The average Bonchev–Trinajstić information content (AvgIpc) is 3.26. The molecule has 3 heterocycles. The van der Waals surface area contributed by atoms with Gasteiger partial charge in [-0.25, -0.2) is 14.8 Å². The summed E-state index contributed by atoms with van der Waals surface area (Å²) in [6, 6.07) is 5.66. The van der Waals surface area contributed by atoms with E-state index in [0.717, 1.165) is 4.88 Å². The molecule has 9 heteroatoms. The summed E-state index contributed by atoms with van der Waals surface area (Å²) >= 11 is 1.63. The Morgan fingerprint density at radius 3 is 2.57 bits per heavy atom. The Morgan fingerprint density at radius 2 is 1.93 bits per heavy atom. The maximum absolute atomic E-state index is 12.4. The number of anilines is 1. The zero-order valence-corrected chi connectivity index (χ0v) is 16.9. The highest BCUT2D eigenvalue weighted by molar-refractivity contribution is 7.09. The second-order valence-electron chi connectivity index (χ2n) is 6.49. The Kier molecular flexibility index (Phi) is 7.18. The lowest BCUT2D eigenvalue weighted by molar-refractivity contribution is -0.131. The van der Waals surface area contributed by atoms with Gasteiger partial charge < -0.3 is 20.0 Å². The van der Waals surface area contributed by atoms with Crippen molar-refractivity contribution in [3.8, 4) is 0 Å². The molecule has 0 radical (unpaired) electrons. The van der Waals surface area contributed by atoms with E-state index in [1.807, 2.05) is 29.3 Å². The first-order chi connectivity index (χ1) is 13.7. The molecule has 3 amide bonds. The molecular formula is C19H26N6O2S. The SMILES string of the molecule is CCN(Cc1cccs1)C(=O)NCCC(=O)N1CCN(c2ncccn2)CC1. The van der Waals surface area contributed by atoms with Crippen molar-refractivity contribution in [1.29, 1.82) is 0 Å². The molecule has 8 nitrogen and oxygen atoms in total. The summed E-state index contributed by atoms with van der Waals surface area (Å²) in [6.07, 6.45) is 3.76. The van der Waals surface area contributed by atoms with Gasteiger partial charge in [-0.05, 0) is 24.4 Å². The van der Waals surface area contributed by atoms with Crippen molar-refractivity contribution >= 4 is 29.2 Å². The standard InChI is InChI=1S/C19H26N6O2S/c1-2-23(15-16-5-3-14-28-16)19(27)22-9-6-17(26)24-10-12-25(13-11-24)18-20-7-4-8-21-18/h3-5,7-8,14H,2,6,9-13,15H2,1H3,(H,22,27). The van der Waals surface area contributed by atoms with E-state index in [-0.39, 0.29) is 11.9 Å². The van der Waals surface area contributed by atoms with Crippen molar-refractivity contribution in [3.05, 3.63) is 40.8 Å². The molecular weight excluding hydrogens is 376 g/mol. The Morgan fingerprint density at radius 1 is 1.18 bits per heavy atom. The van der Waals surface area contributed by atoms with Crippen LogP contribution in [0.1, 0.15) is 18.2 Å². The van der Waals surface area contributed by atoms with Gasteiger partial charge in [0.15, 0.2) is 0 Å². The smallest absolute Gasteiger partial charge is 0.317 e. The molecule has 1 fully saturated rings. The van der Waals surface area contributed by atoms with Crippen LogP contribution in [0.5, 0.6) is 0 Å². The van der Waals surface area contributed by atoms with Gasteiger partial charge >= 0.3 is 6.03 Å². The maximum Gasteiger partial charge on any atom is 0.317 e. The number of rotatable bonds is 7. The molecule has 28 heavy (non-hydrogen) atoms. The summed E-state index contributed by atoms with van der Waals surface area (Å²) in [7, 11) is 0. The minimum Gasteiger partial charge on any atom is -0.339 e. The van der Waals surface area contributed by atoms with Crippen molar-refractivity contribution in [2.75, 3.05) is 44.2 Å². The molecule has 2 aromatic heterocycles. The molecule has 1 N–H and O–H groups in total. The van der Waals surface area contributed by atoms with Crippen LogP contribution < -0.4 is 10.2 Å². The third-order valence-corrected chi connectivity index (χ3v) is 5.54. The molecule has 0 saturated carbocycles. The van der Waals surface area contributed by atoms with Crippen LogP contribution in [0.15, 0.2) is 36.0 Å². The lowest BCUT2D eigenvalue weighted by Gasteiger charge is -2.34. The van der Waals surface area contributed by atoms with E-state index in [0.29, 0.717) is 58.2 Å². The number of carbonyl (C=O) groups is 2. The fourth-order valence-electron chi connectivity index (χ4n) is 3.07. The van der Waals surface area contributed by atoms with Crippen LogP contribution in [-0.4, -0.2) is 71.0 Å². The molecule has 1 aliphatic heterocycles. The van der Waals surface area contributed by atoms with E-state index in [4.69, 9.17) is 0 Å². The van der Waals surface area contributed by atoms with Gasteiger partial charge in [0, 0.05) is 63.0 Å². The number of carbonyl (C=O) groups excluding carboxylic acids is 2. The summed E-state index contributed by atoms with van der Waals surface area (Å²) in [4.78, 5) is 40.1. The molecule has 0 bridgehead atoms. The number of piperazine rings is 1. The summed E-state index contributed by atoms with van der Waals surface area (Å²) in [6.45, 7) is 6.24. The summed E-state index contributed by atoms with van der Waals surface area (Å²) in [5.41, 5.74) is 0. The van der Waals surface area contributed by atoms with Crippen molar-refractivity contribution in [1.82, 2.24) is 25.1 Å². The van der Waals surface area contributed by atoms with Gasteiger partial charge in [0.1, 0.15) is 0 Å². The predicted octanol–water partition coefficient (Wildman–Crippen LogP) is 1.81. The highest BCUT2D eigenvalue weighted by Gasteiger charge is 2.22. The van der Waals surface area contributed by atoms with Crippen LogP contribution in [0.3, 0.4) is 0 Å².